The monoisotopic (exact) mass is 1100 g/mol. The lowest BCUT2D eigenvalue weighted by Crippen LogP contribution is -2.36. The van der Waals surface area contributed by atoms with E-state index < -0.39 is 53.0 Å². The highest BCUT2D eigenvalue weighted by Crippen LogP contribution is 2.45. The second kappa shape index (κ2) is 23.0. The molecule has 2 amide bonds. The first-order valence-electron chi connectivity index (χ1n) is 24.7. The van der Waals surface area contributed by atoms with Gasteiger partial charge in [-0.2, -0.15) is 26.3 Å². The fraction of sp³-hybridized carbons (Fsp3) is 0.298. The number of hydrogen-bond acceptors (Lipinski definition) is 9. The van der Waals surface area contributed by atoms with E-state index in [-0.39, 0.29) is 42.5 Å². The first-order chi connectivity index (χ1) is 36.2. The summed E-state index contributed by atoms with van der Waals surface area (Å²) in [6, 6.07) is 36.8. The molecule has 12 nitrogen and oxygen atoms in total. The SMILES string of the molecule is CCC[C@@H]1c2c(cc(C(=O)NCC(F)(F)F)nc2-c2cccc(-c3cc4ccccc4o3)c2)CN1[S@](=O)C(C)(C)C.Cl.O=C(NCC(F)(F)F)c1cc2c(c(-c3cccc(-c4cc5ccccc5o4)c3)n1)[C@@H](CCO)NC2. The van der Waals surface area contributed by atoms with Crippen molar-refractivity contribution in [1.82, 2.24) is 30.2 Å². The Morgan fingerprint density at radius 2 is 1.16 bits per heavy atom. The van der Waals surface area contributed by atoms with E-state index in [9.17, 15) is 45.2 Å². The average Bonchev–Trinajstić information content (AvgIpc) is 4.21. The third kappa shape index (κ3) is 12.8. The van der Waals surface area contributed by atoms with Crippen molar-refractivity contribution in [3.8, 4) is 45.2 Å². The number of para-hydroxylation sites is 2. The maximum atomic E-state index is 13.6. The van der Waals surface area contributed by atoms with Gasteiger partial charge in [-0.1, -0.05) is 86.1 Å². The minimum atomic E-state index is -4.55. The Kier molecular flexibility index (Phi) is 16.8. The lowest BCUT2D eigenvalue weighted by atomic mass is 9.94. The van der Waals surface area contributed by atoms with Crippen LogP contribution in [-0.4, -0.2) is 72.2 Å². The maximum absolute atomic E-state index is 13.6. The van der Waals surface area contributed by atoms with Crippen LogP contribution >= 0.6 is 12.4 Å². The number of fused-ring (bicyclic) bond motifs is 4. The Labute approximate surface area is 448 Å². The van der Waals surface area contributed by atoms with Crippen LogP contribution in [0.1, 0.15) is 102 Å². The van der Waals surface area contributed by atoms with Gasteiger partial charge < -0.3 is 29.9 Å². The fourth-order valence-corrected chi connectivity index (χ4v) is 11.0. The number of carbonyl (C=O) groups is 2. The molecule has 10 rings (SSSR count). The molecule has 3 atom stereocenters. The van der Waals surface area contributed by atoms with Crippen LogP contribution in [0.5, 0.6) is 0 Å². The number of pyridine rings is 2. The van der Waals surface area contributed by atoms with Gasteiger partial charge in [-0.05, 0) is 98.8 Å². The summed E-state index contributed by atoms with van der Waals surface area (Å²) in [5, 5.41) is 18.6. The second-order valence-corrected chi connectivity index (χ2v) is 21.8. The van der Waals surface area contributed by atoms with Crippen LogP contribution in [0.3, 0.4) is 0 Å². The molecular weight excluding hydrogens is 1050 g/mol. The average molecular weight is 1100 g/mol. The highest BCUT2D eigenvalue weighted by Gasteiger charge is 2.41. The number of benzene rings is 4. The number of aromatic nitrogens is 2. The first-order valence-corrected chi connectivity index (χ1v) is 25.8. The van der Waals surface area contributed by atoms with Crippen LogP contribution in [0, 0.1) is 0 Å². The maximum Gasteiger partial charge on any atom is 0.405 e. The number of halogens is 7. The van der Waals surface area contributed by atoms with Crippen LogP contribution in [0.2, 0.25) is 0 Å². The lowest BCUT2D eigenvalue weighted by Gasteiger charge is -2.30. The van der Waals surface area contributed by atoms with E-state index in [0.29, 0.717) is 60.0 Å². The molecule has 0 unspecified atom stereocenters. The van der Waals surface area contributed by atoms with E-state index in [0.717, 1.165) is 61.7 Å². The van der Waals surface area contributed by atoms with E-state index >= 15 is 0 Å². The molecule has 0 saturated heterocycles. The zero-order valence-corrected chi connectivity index (χ0v) is 43.9. The molecule has 2 aliphatic heterocycles. The third-order valence-electron chi connectivity index (χ3n) is 13.0. The predicted octanol–water partition coefficient (Wildman–Crippen LogP) is 13.0. The summed E-state index contributed by atoms with van der Waals surface area (Å²) in [5.74, 6) is -0.495. The number of nitrogens with one attached hydrogen (secondary N) is 3. The summed E-state index contributed by atoms with van der Waals surface area (Å²) in [6.07, 6.45) is -7.13. The number of aliphatic hydroxyl groups excluding tert-OH is 1. The molecule has 0 radical (unpaired) electrons. The smallest absolute Gasteiger partial charge is 0.405 e. The molecule has 0 aliphatic carbocycles. The van der Waals surface area contributed by atoms with Gasteiger partial charge in [-0.15, -0.1) is 12.4 Å². The van der Waals surface area contributed by atoms with Gasteiger partial charge in [0.15, 0.2) is 0 Å². The van der Waals surface area contributed by atoms with E-state index in [1.54, 1.807) is 0 Å². The number of aliphatic hydroxyl groups is 1. The highest BCUT2D eigenvalue weighted by atomic mass is 35.5. The molecule has 404 valence electrons. The van der Waals surface area contributed by atoms with Crippen molar-refractivity contribution >= 4 is 57.1 Å². The minimum Gasteiger partial charge on any atom is -0.456 e. The summed E-state index contributed by atoms with van der Waals surface area (Å²) in [7, 11) is -1.37. The number of hydrogen-bond donors (Lipinski definition) is 4. The molecule has 77 heavy (non-hydrogen) atoms. The zero-order valence-electron chi connectivity index (χ0n) is 42.3. The molecule has 8 aromatic rings. The molecule has 0 saturated carbocycles. The Hall–Kier alpha value is -6.90. The van der Waals surface area contributed by atoms with Gasteiger partial charge in [0, 0.05) is 64.3 Å². The summed E-state index contributed by atoms with van der Waals surface area (Å²) < 4.78 is 104. The van der Waals surface area contributed by atoms with E-state index in [2.05, 4.69) is 15.3 Å². The molecule has 4 aromatic carbocycles. The van der Waals surface area contributed by atoms with Crippen molar-refractivity contribution in [3.05, 3.63) is 155 Å². The second-order valence-electron chi connectivity index (χ2n) is 19.6. The Morgan fingerprint density at radius 1 is 0.675 bits per heavy atom. The normalized spacial score (nSPS) is 15.8. The van der Waals surface area contributed by atoms with Crippen molar-refractivity contribution in [2.45, 2.75) is 89.2 Å². The van der Waals surface area contributed by atoms with Crippen molar-refractivity contribution in [2.24, 2.45) is 0 Å². The van der Waals surface area contributed by atoms with Gasteiger partial charge in [-0.25, -0.2) is 18.5 Å². The van der Waals surface area contributed by atoms with Crippen molar-refractivity contribution in [2.75, 3.05) is 19.7 Å². The molecule has 0 spiro atoms. The van der Waals surface area contributed by atoms with Crippen LogP contribution in [0.4, 0.5) is 26.3 Å². The third-order valence-corrected chi connectivity index (χ3v) is 14.8. The molecule has 4 N–H and O–H groups in total. The van der Waals surface area contributed by atoms with E-state index in [1.165, 1.54) is 12.1 Å². The van der Waals surface area contributed by atoms with Gasteiger partial charge in [0.2, 0.25) is 0 Å². The van der Waals surface area contributed by atoms with Crippen molar-refractivity contribution in [3.63, 3.8) is 0 Å². The summed E-state index contributed by atoms with van der Waals surface area (Å²) in [4.78, 5) is 34.5. The van der Waals surface area contributed by atoms with Gasteiger partial charge in [0.1, 0.15) is 58.1 Å². The fourth-order valence-electron chi connectivity index (χ4n) is 9.58. The number of carbonyl (C=O) groups excluding carboxylic acids is 2. The molecular formula is C57H55ClF6N6O6S. The van der Waals surface area contributed by atoms with Gasteiger partial charge in [0.25, 0.3) is 11.8 Å². The number of nitrogens with zero attached hydrogens (tertiary/aromatic N) is 3. The highest BCUT2D eigenvalue weighted by molar-refractivity contribution is 7.84. The summed E-state index contributed by atoms with van der Waals surface area (Å²) >= 11 is 0. The number of rotatable bonds is 13. The van der Waals surface area contributed by atoms with Crippen LogP contribution in [-0.2, 0) is 24.1 Å². The molecule has 6 heterocycles. The van der Waals surface area contributed by atoms with Gasteiger partial charge in [0.05, 0.1) is 22.2 Å². The minimum absolute atomic E-state index is 0. The number of amides is 2. The van der Waals surface area contributed by atoms with Crippen LogP contribution in [0.25, 0.3) is 67.1 Å². The zero-order chi connectivity index (χ0) is 54.1. The molecule has 2 aliphatic rings. The summed E-state index contributed by atoms with van der Waals surface area (Å²) in [6.45, 7) is 5.52. The van der Waals surface area contributed by atoms with Gasteiger partial charge >= 0.3 is 12.4 Å². The van der Waals surface area contributed by atoms with E-state index in [1.807, 2.05) is 152 Å². The molecule has 20 heteroatoms. The number of alkyl halides is 6. The Morgan fingerprint density at radius 3 is 1.62 bits per heavy atom. The Balaban J connectivity index is 0.000000203. The quantitative estimate of drug-likeness (QED) is 0.0823. The first kappa shape index (κ1) is 56.3. The molecule has 0 bridgehead atoms. The van der Waals surface area contributed by atoms with Crippen molar-refractivity contribution < 1.29 is 54.1 Å². The largest absolute Gasteiger partial charge is 0.456 e. The Bertz CT molecular complexity index is 3420. The molecule has 0 fully saturated rings. The topological polar surface area (TPSA) is 163 Å². The lowest BCUT2D eigenvalue weighted by molar-refractivity contribution is -0.123. The van der Waals surface area contributed by atoms with Crippen LogP contribution < -0.4 is 16.0 Å². The standard InChI is InChI=1S/C31H32F3N3O3S.C26H22F3N3O3.ClH/c1-5-9-24-27-22(17-37(24)41(39)30(2,3)4)15-23(29(38)35-18-31(32,33)34)36-28(27)21-12-8-11-19(14-21)26-16-20-10-6-7-13-25(20)40-26;27-26(28,29)14-31-25(34)20-11-18-13-30-19(8-9-33)23(18)24(32-20)17-6-3-5-15(10-17)22-12-16-4-1-2-7-21(16)35-22;/h6-8,10-16,24H,5,9,17-18H2,1-4H3,(H,35,38);1-7,10-12,19,30,33H,8-9,13-14H2,(H,31,34);1H/t24-,41-;19-;/m11./s1. The summed E-state index contributed by atoms with van der Waals surface area (Å²) in [5.41, 5.74) is 8.41. The number of furan rings is 2. The van der Waals surface area contributed by atoms with Crippen LogP contribution in [0.15, 0.2) is 130 Å². The predicted molar refractivity (Wildman–Crippen MR) is 286 cm³/mol. The van der Waals surface area contributed by atoms with E-state index in [4.69, 9.17) is 8.83 Å². The van der Waals surface area contributed by atoms with Crippen molar-refractivity contribution in [1.29, 1.82) is 0 Å². The van der Waals surface area contributed by atoms with Gasteiger partial charge in [-0.3, -0.25) is 9.59 Å². The molecule has 4 aromatic heterocycles.